The van der Waals surface area contributed by atoms with Gasteiger partial charge >= 0.3 is 6.09 Å². The van der Waals surface area contributed by atoms with Gasteiger partial charge < -0.3 is 9.47 Å². The quantitative estimate of drug-likeness (QED) is 0.717. The molecular formula is C15H27NO3. The number of allylic oxidation sites excluding steroid dienone is 1. The Bertz CT molecular complexity index is 366. The maximum Gasteiger partial charge on any atom is 0.413 e. The molecule has 0 N–H and O–H groups in total. The van der Waals surface area contributed by atoms with Crippen LogP contribution in [0.25, 0.3) is 0 Å². The van der Waals surface area contributed by atoms with E-state index in [1.54, 1.807) is 4.90 Å². The Morgan fingerprint density at radius 1 is 1.47 bits per heavy atom. The maximum atomic E-state index is 12.4. The maximum absolute atomic E-state index is 12.4. The summed E-state index contributed by atoms with van der Waals surface area (Å²) in [5.74, 6) is 0. The predicted molar refractivity (Wildman–Crippen MR) is 75.9 cm³/mol. The van der Waals surface area contributed by atoms with Gasteiger partial charge in [-0.1, -0.05) is 13.0 Å². The monoisotopic (exact) mass is 269 g/mol. The van der Waals surface area contributed by atoms with Crippen molar-refractivity contribution in [2.75, 3.05) is 6.61 Å². The molecule has 0 saturated carbocycles. The van der Waals surface area contributed by atoms with Crippen molar-refractivity contribution in [2.24, 2.45) is 0 Å². The largest absolute Gasteiger partial charge is 0.444 e. The molecule has 1 aliphatic rings. The van der Waals surface area contributed by atoms with Crippen LogP contribution >= 0.6 is 0 Å². The summed E-state index contributed by atoms with van der Waals surface area (Å²) in [5, 5.41) is 0. The SMILES string of the molecule is C/C=C(/CC)C1COC(C)(C)N1C(=O)OC(C)(C)C. The van der Waals surface area contributed by atoms with E-state index in [1.807, 2.05) is 41.5 Å². The average Bonchev–Trinajstić information content (AvgIpc) is 2.54. The fourth-order valence-corrected chi connectivity index (χ4v) is 2.37. The Morgan fingerprint density at radius 3 is 2.47 bits per heavy atom. The molecule has 4 nitrogen and oxygen atoms in total. The molecule has 1 aliphatic heterocycles. The van der Waals surface area contributed by atoms with E-state index in [0.29, 0.717) is 6.61 Å². The summed E-state index contributed by atoms with van der Waals surface area (Å²) < 4.78 is 11.3. The molecule has 1 saturated heterocycles. The van der Waals surface area contributed by atoms with Crippen LogP contribution in [0.3, 0.4) is 0 Å². The van der Waals surface area contributed by atoms with Crippen molar-refractivity contribution in [1.82, 2.24) is 4.90 Å². The second-order valence-corrected chi connectivity index (χ2v) is 6.34. The second kappa shape index (κ2) is 5.53. The van der Waals surface area contributed by atoms with Crippen LogP contribution in [0.2, 0.25) is 0 Å². The fraction of sp³-hybridized carbons (Fsp3) is 0.800. The molecule has 4 heteroatoms. The Labute approximate surface area is 116 Å². The number of ether oxygens (including phenoxy) is 2. The fourth-order valence-electron chi connectivity index (χ4n) is 2.37. The standard InChI is InChI=1S/C15H27NO3/c1-8-11(9-2)12-10-18-15(6,7)16(12)13(17)19-14(3,4)5/h8,12H,9-10H2,1-7H3/b11-8-. The van der Waals surface area contributed by atoms with Crippen molar-refractivity contribution >= 4 is 6.09 Å². The summed E-state index contributed by atoms with van der Waals surface area (Å²) in [7, 11) is 0. The highest BCUT2D eigenvalue weighted by Gasteiger charge is 2.46. The number of hydrogen-bond donors (Lipinski definition) is 0. The van der Waals surface area contributed by atoms with Crippen molar-refractivity contribution < 1.29 is 14.3 Å². The third-order valence-electron chi connectivity index (χ3n) is 3.28. The van der Waals surface area contributed by atoms with E-state index in [0.717, 1.165) is 6.42 Å². The lowest BCUT2D eigenvalue weighted by Crippen LogP contribution is -2.50. The molecule has 1 unspecified atom stereocenters. The van der Waals surface area contributed by atoms with Gasteiger partial charge in [-0.3, -0.25) is 4.90 Å². The molecule has 110 valence electrons. The van der Waals surface area contributed by atoms with Gasteiger partial charge in [0.2, 0.25) is 0 Å². The third-order valence-corrected chi connectivity index (χ3v) is 3.28. The summed E-state index contributed by atoms with van der Waals surface area (Å²) in [6.45, 7) is 14.0. The van der Waals surface area contributed by atoms with E-state index in [9.17, 15) is 4.79 Å². The number of nitrogens with zero attached hydrogens (tertiary/aromatic N) is 1. The van der Waals surface area contributed by atoms with Gasteiger partial charge in [-0.25, -0.2) is 4.79 Å². The van der Waals surface area contributed by atoms with E-state index >= 15 is 0 Å². The summed E-state index contributed by atoms with van der Waals surface area (Å²) in [6.07, 6.45) is 2.65. The highest BCUT2D eigenvalue weighted by molar-refractivity contribution is 5.70. The zero-order valence-electron chi connectivity index (χ0n) is 13.2. The Hall–Kier alpha value is -1.03. The smallest absolute Gasteiger partial charge is 0.413 e. The molecule has 1 rings (SSSR count). The Balaban J connectivity index is 3.00. The first-order valence-corrected chi connectivity index (χ1v) is 6.93. The van der Waals surface area contributed by atoms with Crippen LogP contribution in [0, 0.1) is 0 Å². The molecule has 1 fully saturated rings. The molecule has 0 aromatic heterocycles. The minimum atomic E-state index is -0.629. The van der Waals surface area contributed by atoms with Gasteiger partial charge in [0.1, 0.15) is 11.3 Å². The van der Waals surface area contributed by atoms with Crippen LogP contribution < -0.4 is 0 Å². The van der Waals surface area contributed by atoms with Gasteiger partial charge in [0.25, 0.3) is 0 Å². The zero-order valence-corrected chi connectivity index (χ0v) is 13.2. The van der Waals surface area contributed by atoms with Crippen molar-refractivity contribution in [3.8, 4) is 0 Å². The van der Waals surface area contributed by atoms with Gasteiger partial charge in [0.15, 0.2) is 0 Å². The van der Waals surface area contributed by atoms with Crippen LogP contribution in [0.4, 0.5) is 4.79 Å². The summed E-state index contributed by atoms with van der Waals surface area (Å²) in [4.78, 5) is 14.1. The number of carbonyl (C=O) groups is 1. The highest BCUT2D eigenvalue weighted by atomic mass is 16.6. The minimum absolute atomic E-state index is 0.0279. The van der Waals surface area contributed by atoms with Crippen LogP contribution in [0.5, 0.6) is 0 Å². The van der Waals surface area contributed by atoms with Crippen LogP contribution in [-0.4, -0.2) is 35.0 Å². The predicted octanol–water partition coefficient (Wildman–Crippen LogP) is 3.71. The zero-order chi connectivity index (χ0) is 14.8. The molecule has 0 aliphatic carbocycles. The van der Waals surface area contributed by atoms with Crippen molar-refractivity contribution in [2.45, 2.75) is 72.3 Å². The van der Waals surface area contributed by atoms with Crippen LogP contribution in [0.1, 0.15) is 54.9 Å². The van der Waals surface area contributed by atoms with Gasteiger partial charge in [0, 0.05) is 0 Å². The topological polar surface area (TPSA) is 38.8 Å². The number of hydrogen-bond acceptors (Lipinski definition) is 3. The van der Waals surface area contributed by atoms with E-state index in [1.165, 1.54) is 5.57 Å². The first-order chi connectivity index (χ1) is 8.62. The first-order valence-electron chi connectivity index (χ1n) is 6.93. The number of amides is 1. The van der Waals surface area contributed by atoms with Gasteiger partial charge in [-0.15, -0.1) is 0 Å². The Kier molecular flexibility index (Phi) is 4.67. The normalized spacial score (nSPS) is 23.6. The minimum Gasteiger partial charge on any atom is -0.444 e. The molecule has 0 radical (unpaired) electrons. The lowest BCUT2D eigenvalue weighted by molar-refractivity contribution is -0.0614. The molecule has 0 aromatic rings. The van der Waals surface area contributed by atoms with Gasteiger partial charge in [-0.2, -0.15) is 0 Å². The molecule has 0 spiro atoms. The highest BCUT2D eigenvalue weighted by Crippen LogP contribution is 2.33. The summed E-state index contributed by atoms with van der Waals surface area (Å²) >= 11 is 0. The van der Waals surface area contributed by atoms with E-state index in [4.69, 9.17) is 9.47 Å². The van der Waals surface area contributed by atoms with E-state index in [-0.39, 0.29) is 12.1 Å². The lowest BCUT2D eigenvalue weighted by Gasteiger charge is -2.35. The number of rotatable bonds is 2. The second-order valence-electron chi connectivity index (χ2n) is 6.34. The van der Waals surface area contributed by atoms with E-state index in [2.05, 4.69) is 13.0 Å². The molecule has 0 bridgehead atoms. The third kappa shape index (κ3) is 3.72. The average molecular weight is 269 g/mol. The first kappa shape index (κ1) is 16.0. The molecule has 19 heavy (non-hydrogen) atoms. The van der Waals surface area contributed by atoms with Gasteiger partial charge in [0.05, 0.1) is 12.6 Å². The molecule has 0 aromatic carbocycles. The van der Waals surface area contributed by atoms with Crippen molar-refractivity contribution in [3.63, 3.8) is 0 Å². The van der Waals surface area contributed by atoms with Gasteiger partial charge in [-0.05, 0) is 53.5 Å². The number of carbonyl (C=O) groups excluding carboxylic acids is 1. The molecular weight excluding hydrogens is 242 g/mol. The molecule has 1 amide bonds. The van der Waals surface area contributed by atoms with Crippen LogP contribution in [0.15, 0.2) is 11.6 Å². The summed E-state index contributed by atoms with van der Waals surface area (Å²) in [5.41, 5.74) is 0.0791. The molecule has 1 atom stereocenters. The lowest BCUT2D eigenvalue weighted by atomic mass is 10.0. The Morgan fingerprint density at radius 2 is 2.05 bits per heavy atom. The summed E-state index contributed by atoms with van der Waals surface area (Å²) in [6, 6.07) is -0.0279. The van der Waals surface area contributed by atoms with E-state index < -0.39 is 11.3 Å². The van der Waals surface area contributed by atoms with Crippen molar-refractivity contribution in [3.05, 3.63) is 11.6 Å². The van der Waals surface area contributed by atoms with Crippen LogP contribution in [-0.2, 0) is 9.47 Å². The molecule has 1 heterocycles. The van der Waals surface area contributed by atoms with Crippen molar-refractivity contribution in [1.29, 1.82) is 0 Å².